The molecule has 4 heteroatoms. The summed E-state index contributed by atoms with van der Waals surface area (Å²) in [6.45, 7) is 4.73. The van der Waals surface area contributed by atoms with Gasteiger partial charge in [-0.25, -0.2) is 4.98 Å². The lowest BCUT2D eigenvalue weighted by atomic mass is 10.3. The largest absolute Gasteiger partial charge is 0.495 e. The lowest BCUT2D eigenvalue weighted by molar-refractivity contribution is 0.131. The van der Waals surface area contributed by atoms with Crippen molar-refractivity contribution in [2.24, 2.45) is 0 Å². The van der Waals surface area contributed by atoms with Crippen molar-refractivity contribution < 1.29 is 9.47 Å². The molecule has 1 aromatic rings. The zero-order valence-corrected chi connectivity index (χ0v) is 10.7. The topological polar surface area (TPSA) is 43.4 Å². The second-order valence-electron chi connectivity index (χ2n) is 3.83. The molecular weight excluding hydrogens is 216 g/mol. The van der Waals surface area contributed by atoms with Gasteiger partial charge in [0.15, 0.2) is 0 Å². The van der Waals surface area contributed by atoms with Gasteiger partial charge in [-0.05, 0) is 25.0 Å². The molecule has 0 saturated heterocycles. The minimum Gasteiger partial charge on any atom is -0.495 e. The molecule has 0 spiro atoms. The van der Waals surface area contributed by atoms with Gasteiger partial charge in [0, 0.05) is 19.8 Å². The zero-order chi connectivity index (χ0) is 12.3. The summed E-state index contributed by atoms with van der Waals surface area (Å²) < 4.78 is 10.5. The molecule has 0 bridgehead atoms. The first-order valence-electron chi connectivity index (χ1n) is 6.18. The number of ether oxygens (including phenoxy) is 2. The van der Waals surface area contributed by atoms with Crippen LogP contribution in [-0.4, -0.2) is 31.9 Å². The van der Waals surface area contributed by atoms with Crippen LogP contribution in [0.2, 0.25) is 0 Å². The minimum absolute atomic E-state index is 0.776. The summed E-state index contributed by atoms with van der Waals surface area (Å²) in [4.78, 5) is 4.22. The van der Waals surface area contributed by atoms with E-state index >= 15 is 0 Å². The molecule has 4 nitrogen and oxygen atoms in total. The quantitative estimate of drug-likeness (QED) is 0.672. The number of nitrogens with zero attached hydrogens (tertiary/aromatic N) is 1. The standard InChI is InChI=1S/C13H22N2O2/c1-3-4-9-17-10-5-8-14-13-7-6-12(16-2)11-15-13/h6-7,11H,3-5,8-10H2,1-2H3,(H,14,15). The van der Waals surface area contributed by atoms with Gasteiger partial charge in [-0.15, -0.1) is 0 Å². The maximum absolute atomic E-state index is 5.47. The minimum atomic E-state index is 0.776. The van der Waals surface area contributed by atoms with Crippen LogP contribution in [0.25, 0.3) is 0 Å². The van der Waals surface area contributed by atoms with Gasteiger partial charge in [-0.3, -0.25) is 0 Å². The summed E-state index contributed by atoms with van der Waals surface area (Å²) in [7, 11) is 1.64. The Kier molecular flexibility index (Phi) is 7.14. The molecule has 0 amide bonds. The lowest BCUT2D eigenvalue weighted by Gasteiger charge is -2.06. The lowest BCUT2D eigenvalue weighted by Crippen LogP contribution is -2.07. The van der Waals surface area contributed by atoms with Crippen molar-refractivity contribution in [3.05, 3.63) is 18.3 Å². The van der Waals surface area contributed by atoms with Gasteiger partial charge in [-0.1, -0.05) is 13.3 Å². The van der Waals surface area contributed by atoms with Gasteiger partial charge in [0.1, 0.15) is 11.6 Å². The molecule has 96 valence electrons. The molecule has 17 heavy (non-hydrogen) atoms. The van der Waals surface area contributed by atoms with E-state index in [9.17, 15) is 0 Å². The van der Waals surface area contributed by atoms with Crippen LogP contribution < -0.4 is 10.1 Å². The van der Waals surface area contributed by atoms with Crippen molar-refractivity contribution in [2.75, 3.05) is 32.2 Å². The third-order valence-electron chi connectivity index (χ3n) is 2.39. The molecule has 0 unspecified atom stereocenters. The van der Waals surface area contributed by atoms with Crippen molar-refractivity contribution in [2.45, 2.75) is 26.2 Å². The Morgan fingerprint density at radius 1 is 1.24 bits per heavy atom. The van der Waals surface area contributed by atoms with E-state index in [0.29, 0.717) is 0 Å². The van der Waals surface area contributed by atoms with Crippen LogP contribution in [0.1, 0.15) is 26.2 Å². The van der Waals surface area contributed by atoms with Gasteiger partial charge < -0.3 is 14.8 Å². The second-order valence-corrected chi connectivity index (χ2v) is 3.83. The van der Waals surface area contributed by atoms with Crippen LogP contribution in [-0.2, 0) is 4.74 Å². The van der Waals surface area contributed by atoms with Gasteiger partial charge in [0.05, 0.1) is 13.3 Å². The molecule has 0 aliphatic carbocycles. The number of methoxy groups -OCH3 is 1. The van der Waals surface area contributed by atoms with Gasteiger partial charge in [0.2, 0.25) is 0 Å². The van der Waals surface area contributed by atoms with E-state index in [1.165, 1.54) is 6.42 Å². The van der Waals surface area contributed by atoms with E-state index in [0.717, 1.165) is 44.2 Å². The molecule has 0 saturated carbocycles. The van der Waals surface area contributed by atoms with Crippen molar-refractivity contribution in [1.82, 2.24) is 4.98 Å². The predicted octanol–water partition coefficient (Wildman–Crippen LogP) is 2.71. The van der Waals surface area contributed by atoms with Gasteiger partial charge >= 0.3 is 0 Å². The predicted molar refractivity (Wildman–Crippen MR) is 69.6 cm³/mol. The monoisotopic (exact) mass is 238 g/mol. The normalized spacial score (nSPS) is 10.2. The molecule has 0 atom stereocenters. The van der Waals surface area contributed by atoms with E-state index in [-0.39, 0.29) is 0 Å². The fraction of sp³-hybridized carbons (Fsp3) is 0.615. The van der Waals surface area contributed by atoms with Gasteiger partial charge in [-0.2, -0.15) is 0 Å². The number of rotatable bonds is 9. The number of unbranched alkanes of at least 4 members (excludes halogenated alkanes) is 1. The van der Waals surface area contributed by atoms with E-state index in [1.807, 2.05) is 12.1 Å². The molecule has 0 aliphatic rings. The van der Waals surface area contributed by atoms with E-state index in [1.54, 1.807) is 13.3 Å². The molecule has 1 aromatic heterocycles. The third-order valence-corrected chi connectivity index (χ3v) is 2.39. The summed E-state index contributed by atoms with van der Waals surface area (Å²) in [6.07, 6.45) is 5.04. The number of aromatic nitrogens is 1. The Morgan fingerprint density at radius 3 is 2.71 bits per heavy atom. The molecule has 1 heterocycles. The van der Waals surface area contributed by atoms with Crippen LogP contribution in [0, 0.1) is 0 Å². The Bertz CT molecular complexity index is 288. The molecule has 0 radical (unpaired) electrons. The number of anilines is 1. The van der Waals surface area contributed by atoms with Crippen LogP contribution in [0.15, 0.2) is 18.3 Å². The second kappa shape index (κ2) is 8.82. The molecule has 0 aromatic carbocycles. The van der Waals surface area contributed by atoms with E-state index in [4.69, 9.17) is 9.47 Å². The SMILES string of the molecule is CCCCOCCCNc1ccc(OC)cn1. The van der Waals surface area contributed by atoms with Crippen molar-refractivity contribution >= 4 is 5.82 Å². The van der Waals surface area contributed by atoms with Crippen molar-refractivity contribution in [3.8, 4) is 5.75 Å². The number of hydrogen-bond donors (Lipinski definition) is 1. The van der Waals surface area contributed by atoms with E-state index in [2.05, 4.69) is 17.2 Å². The molecule has 0 fully saturated rings. The fourth-order valence-electron chi connectivity index (χ4n) is 1.34. The summed E-state index contributed by atoms with van der Waals surface area (Å²) in [5.74, 6) is 1.65. The summed E-state index contributed by atoms with van der Waals surface area (Å²) >= 11 is 0. The van der Waals surface area contributed by atoms with Gasteiger partial charge in [0.25, 0.3) is 0 Å². The van der Waals surface area contributed by atoms with Crippen LogP contribution >= 0.6 is 0 Å². The summed E-state index contributed by atoms with van der Waals surface area (Å²) in [5.41, 5.74) is 0. The summed E-state index contributed by atoms with van der Waals surface area (Å²) in [6, 6.07) is 3.81. The highest BCUT2D eigenvalue weighted by molar-refractivity contribution is 5.37. The number of hydrogen-bond acceptors (Lipinski definition) is 4. The molecule has 1 N–H and O–H groups in total. The fourth-order valence-corrected chi connectivity index (χ4v) is 1.34. The number of pyridine rings is 1. The van der Waals surface area contributed by atoms with Crippen molar-refractivity contribution in [3.63, 3.8) is 0 Å². The summed E-state index contributed by atoms with van der Waals surface area (Å²) in [5, 5.41) is 3.24. The maximum atomic E-state index is 5.47. The first-order valence-corrected chi connectivity index (χ1v) is 6.18. The molecule has 0 aliphatic heterocycles. The highest BCUT2D eigenvalue weighted by atomic mass is 16.5. The van der Waals surface area contributed by atoms with E-state index < -0.39 is 0 Å². The highest BCUT2D eigenvalue weighted by Crippen LogP contribution is 2.10. The maximum Gasteiger partial charge on any atom is 0.137 e. The van der Waals surface area contributed by atoms with Crippen molar-refractivity contribution in [1.29, 1.82) is 0 Å². The first kappa shape index (κ1) is 13.8. The smallest absolute Gasteiger partial charge is 0.137 e. The van der Waals surface area contributed by atoms with Crippen LogP contribution in [0.3, 0.4) is 0 Å². The average molecular weight is 238 g/mol. The number of nitrogens with one attached hydrogen (secondary N) is 1. The Balaban J connectivity index is 2.05. The Morgan fingerprint density at radius 2 is 2.06 bits per heavy atom. The average Bonchev–Trinajstić information content (AvgIpc) is 2.38. The zero-order valence-electron chi connectivity index (χ0n) is 10.7. The highest BCUT2D eigenvalue weighted by Gasteiger charge is 1.95. The van der Waals surface area contributed by atoms with Crippen LogP contribution in [0.4, 0.5) is 5.82 Å². The Hall–Kier alpha value is -1.29. The molecule has 1 rings (SSSR count). The molecular formula is C13H22N2O2. The Labute approximate surface area is 103 Å². The third kappa shape index (κ3) is 6.12. The van der Waals surface area contributed by atoms with Crippen LogP contribution in [0.5, 0.6) is 5.75 Å². The first-order chi connectivity index (χ1) is 8.36.